The molecule has 0 bridgehead atoms. The van der Waals surface area contributed by atoms with E-state index in [9.17, 15) is 19.2 Å². The van der Waals surface area contributed by atoms with Gasteiger partial charge in [-0.15, -0.1) is 0 Å². The molecule has 8 nitrogen and oxygen atoms in total. The summed E-state index contributed by atoms with van der Waals surface area (Å²) in [6.07, 6.45) is 1.50. The van der Waals surface area contributed by atoms with Crippen LogP contribution in [-0.2, 0) is 19.1 Å². The van der Waals surface area contributed by atoms with Crippen LogP contribution in [0.15, 0.2) is 47.4 Å². The first-order valence-electron chi connectivity index (χ1n) is 9.96. The molecule has 1 aliphatic rings. The molecule has 172 valence electrons. The quantitative estimate of drug-likeness (QED) is 0.437. The van der Waals surface area contributed by atoms with Gasteiger partial charge in [0.1, 0.15) is 12.3 Å². The number of carbonyl (C=O) groups excluding carboxylic acids is 4. The number of rotatable bonds is 8. The van der Waals surface area contributed by atoms with Crippen LogP contribution < -0.4 is 10.1 Å². The van der Waals surface area contributed by atoms with Crippen molar-refractivity contribution in [3.63, 3.8) is 0 Å². The van der Waals surface area contributed by atoms with Gasteiger partial charge >= 0.3 is 5.97 Å². The fraction of sp³-hybridized carbons (Fsp3) is 0.217. The van der Waals surface area contributed by atoms with Crippen molar-refractivity contribution in [3.05, 3.63) is 63.5 Å². The number of anilines is 1. The Bertz CT molecular complexity index is 1130. The van der Waals surface area contributed by atoms with Gasteiger partial charge in [-0.1, -0.05) is 29.8 Å². The molecule has 1 N–H and O–H groups in total. The van der Waals surface area contributed by atoms with Crippen LogP contribution in [0.4, 0.5) is 10.5 Å². The first kappa shape index (κ1) is 24.3. The summed E-state index contributed by atoms with van der Waals surface area (Å²) >= 11 is 6.99. The predicted molar refractivity (Wildman–Crippen MR) is 126 cm³/mol. The first-order valence-corrected chi connectivity index (χ1v) is 11.2. The second-order valence-corrected chi connectivity index (χ2v) is 8.37. The minimum Gasteiger partial charge on any atom is -0.482 e. The van der Waals surface area contributed by atoms with E-state index in [4.69, 9.17) is 21.1 Å². The Hall–Kier alpha value is -3.30. The van der Waals surface area contributed by atoms with Crippen LogP contribution in [0.5, 0.6) is 5.75 Å². The van der Waals surface area contributed by atoms with Crippen molar-refractivity contribution in [2.75, 3.05) is 25.1 Å². The van der Waals surface area contributed by atoms with Crippen molar-refractivity contribution in [2.45, 2.75) is 13.8 Å². The van der Waals surface area contributed by atoms with Gasteiger partial charge < -0.3 is 14.8 Å². The number of thioether (sulfide) groups is 1. The Balaban J connectivity index is 1.61. The number of imide groups is 1. The number of hydrogen-bond acceptors (Lipinski definition) is 7. The van der Waals surface area contributed by atoms with Crippen molar-refractivity contribution >= 4 is 58.1 Å². The van der Waals surface area contributed by atoms with Gasteiger partial charge in [-0.2, -0.15) is 0 Å². The van der Waals surface area contributed by atoms with Crippen LogP contribution in [-0.4, -0.2) is 47.7 Å². The van der Waals surface area contributed by atoms with E-state index in [0.29, 0.717) is 17.0 Å². The van der Waals surface area contributed by atoms with Crippen LogP contribution in [0.25, 0.3) is 6.08 Å². The van der Waals surface area contributed by atoms with E-state index in [1.54, 1.807) is 31.2 Å². The Morgan fingerprint density at radius 3 is 2.67 bits per heavy atom. The summed E-state index contributed by atoms with van der Waals surface area (Å²) in [6.45, 7) is 3.05. The van der Waals surface area contributed by atoms with Crippen molar-refractivity contribution < 1.29 is 28.7 Å². The maximum atomic E-state index is 12.5. The van der Waals surface area contributed by atoms with Crippen LogP contribution >= 0.6 is 23.4 Å². The van der Waals surface area contributed by atoms with Crippen LogP contribution in [0, 0.1) is 6.92 Å². The summed E-state index contributed by atoms with van der Waals surface area (Å²) in [5, 5.41) is 2.42. The minimum atomic E-state index is -0.656. The largest absolute Gasteiger partial charge is 0.482 e. The van der Waals surface area contributed by atoms with Gasteiger partial charge in [0.05, 0.1) is 16.5 Å². The highest BCUT2D eigenvalue weighted by molar-refractivity contribution is 8.18. The number of esters is 1. The highest BCUT2D eigenvalue weighted by Crippen LogP contribution is 2.33. The Kier molecular flexibility index (Phi) is 8.13. The number of nitrogens with one attached hydrogen (secondary N) is 1. The second kappa shape index (κ2) is 11.0. The lowest BCUT2D eigenvalue weighted by molar-refractivity contribution is -0.146. The van der Waals surface area contributed by atoms with Crippen LogP contribution in [0.1, 0.15) is 18.1 Å². The Morgan fingerprint density at radius 2 is 1.97 bits per heavy atom. The SMILES string of the molecule is CCOC(=O)CN1C(=O)S/C(=C\c2ccc(OCC(=O)Nc3cccc(C)c3)c(Cl)c2)C1=O. The van der Waals surface area contributed by atoms with Gasteiger partial charge in [-0.3, -0.25) is 24.1 Å². The van der Waals surface area contributed by atoms with E-state index in [0.717, 1.165) is 22.2 Å². The molecule has 1 aliphatic heterocycles. The topological polar surface area (TPSA) is 102 Å². The number of nitrogens with zero attached hydrogens (tertiary/aromatic N) is 1. The smallest absolute Gasteiger partial charge is 0.326 e. The van der Waals surface area contributed by atoms with E-state index in [1.165, 1.54) is 6.08 Å². The molecule has 0 radical (unpaired) electrons. The molecule has 0 saturated carbocycles. The van der Waals surface area contributed by atoms with Gasteiger partial charge in [-0.05, 0) is 67.1 Å². The third-order valence-corrected chi connectivity index (χ3v) is 5.58. The molecule has 0 aromatic heterocycles. The molecule has 1 saturated heterocycles. The highest BCUT2D eigenvalue weighted by atomic mass is 35.5. The number of amides is 3. The molecule has 0 atom stereocenters. The molecule has 1 heterocycles. The Morgan fingerprint density at radius 1 is 1.18 bits per heavy atom. The van der Waals surface area contributed by atoms with E-state index < -0.39 is 23.7 Å². The molecule has 10 heteroatoms. The lowest BCUT2D eigenvalue weighted by atomic mass is 10.2. The van der Waals surface area contributed by atoms with Gasteiger partial charge in [0.2, 0.25) is 0 Å². The van der Waals surface area contributed by atoms with Gasteiger partial charge in [-0.25, -0.2) is 0 Å². The molecule has 1 fully saturated rings. The van der Waals surface area contributed by atoms with Gasteiger partial charge in [0.25, 0.3) is 17.1 Å². The average Bonchev–Trinajstić information content (AvgIpc) is 3.00. The molecule has 33 heavy (non-hydrogen) atoms. The molecule has 2 aromatic rings. The van der Waals surface area contributed by atoms with E-state index in [-0.39, 0.29) is 29.0 Å². The summed E-state index contributed by atoms with van der Waals surface area (Å²) < 4.78 is 10.3. The number of benzene rings is 2. The summed E-state index contributed by atoms with van der Waals surface area (Å²) in [4.78, 5) is 49.3. The number of aryl methyl sites for hydroxylation is 1. The lowest BCUT2D eigenvalue weighted by Crippen LogP contribution is -2.34. The summed E-state index contributed by atoms with van der Waals surface area (Å²) in [6, 6.07) is 12.1. The van der Waals surface area contributed by atoms with Crippen molar-refractivity contribution in [1.29, 1.82) is 0 Å². The molecule has 3 rings (SSSR count). The van der Waals surface area contributed by atoms with Crippen LogP contribution in [0.2, 0.25) is 5.02 Å². The normalized spacial score (nSPS) is 14.5. The van der Waals surface area contributed by atoms with Crippen molar-refractivity contribution in [3.8, 4) is 5.75 Å². The third-order valence-electron chi connectivity index (χ3n) is 4.38. The number of ether oxygens (including phenoxy) is 2. The van der Waals surface area contributed by atoms with E-state index >= 15 is 0 Å². The number of carbonyl (C=O) groups is 4. The summed E-state index contributed by atoms with van der Waals surface area (Å²) in [5.41, 5.74) is 2.24. The average molecular weight is 489 g/mol. The molecule has 0 spiro atoms. The van der Waals surface area contributed by atoms with Gasteiger partial charge in [0.15, 0.2) is 6.61 Å². The standard InChI is InChI=1S/C23H21ClN2O6S/c1-3-31-21(28)12-26-22(29)19(33-23(26)30)11-15-7-8-18(17(24)10-15)32-13-20(27)25-16-6-4-5-14(2)9-16/h4-11H,3,12-13H2,1-2H3,(H,25,27)/b19-11-. The maximum Gasteiger partial charge on any atom is 0.326 e. The first-order chi connectivity index (χ1) is 15.8. The minimum absolute atomic E-state index is 0.158. The number of halogens is 1. The molecule has 3 amide bonds. The highest BCUT2D eigenvalue weighted by Gasteiger charge is 2.36. The zero-order chi connectivity index (χ0) is 24.0. The fourth-order valence-electron chi connectivity index (χ4n) is 2.91. The molecule has 0 unspecified atom stereocenters. The predicted octanol–water partition coefficient (Wildman–Crippen LogP) is 4.27. The van der Waals surface area contributed by atoms with E-state index in [1.807, 2.05) is 25.1 Å². The zero-order valence-corrected chi connectivity index (χ0v) is 19.5. The molecular formula is C23H21ClN2O6S. The molecular weight excluding hydrogens is 468 g/mol. The number of hydrogen-bond donors (Lipinski definition) is 1. The fourth-order valence-corrected chi connectivity index (χ4v) is 3.99. The van der Waals surface area contributed by atoms with E-state index in [2.05, 4.69) is 5.32 Å². The zero-order valence-electron chi connectivity index (χ0n) is 17.9. The van der Waals surface area contributed by atoms with Gasteiger partial charge in [0, 0.05) is 5.69 Å². The molecule has 2 aromatic carbocycles. The summed E-state index contributed by atoms with van der Waals surface area (Å²) in [7, 11) is 0. The van der Waals surface area contributed by atoms with Crippen molar-refractivity contribution in [2.24, 2.45) is 0 Å². The second-order valence-electron chi connectivity index (χ2n) is 6.97. The third kappa shape index (κ3) is 6.59. The summed E-state index contributed by atoms with van der Waals surface area (Å²) in [5.74, 6) is -1.28. The van der Waals surface area contributed by atoms with Crippen molar-refractivity contribution in [1.82, 2.24) is 4.90 Å². The Labute approximate surface area is 199 Å². The van der Waals surface area contributed by atoms with Crippen LogP contribution in [0.3, 0.4) is 0 Å². The lowest BCUT2D eigenvalue weighted by Gasteiger charge is -2.11. The maximum absolute atomic E-state index is 12.5. The monoisotopic (exact) mass is 488 g/mol. The molecule has 0 aliphatic carbocycles.